The van der Waals surface area contributed by atoms with Crippen LogP contribution in [-0.2, 0) is 14.3 Å². The zero-order valence-electron chi connectivity index (χ0n) is 18.6. The molecule has 1 amide bonds. The van der Waals surface area contributed by atoms with Gasteiger partial charge >= 0.3 is 5.97 Å². The Morgan fingerprint density at radius 3 is 2.58 bits per heavy atom. The maximum atomic E-state index is 12.5. The van der Waals surface area contributed by atoms with E-state index in [4.69, 9.17) is 19.2 Å². The van der Waals surface area contributed by atoms with Gasteiger partial charge in [-0.25, -0.2) is 0 Å². The van der Waals surface area contributed by atoms with Gasteiger partial charge in [0.25, 0.3) is 0 Å². The van der Waals surface area contributed by atoms with E-state index in [0.29, 0.717) is 23.1 Å². The van der Waals surface area contributed by atoms with Crippen LogP contribution >= 0.6 is 0 Å². The average Bonchev–Trinajstić information content (AvgIpc) is 3.56. The van der Waals surface area contributed by atoms with E-state index < -0.39 is 12.2 Å². The van der Waals surface area contributed by atoms with Crippen LogP contribution in [0.3, 0.4) is 0 Å². The molecule has 0 spiro atoms. The number of carbonyl (C=O) groups excluding carboxylic acids is 2. The van der Waals surface area contributed by atoms with Crippen molar-refractivity contribution in [1.82, 2.24) is 9.99 Å². The molecular weight excluding hydrogens is 422 g/mol. The predicted octanol–water partition coefficient (Wildman–Crippen LogP) is 4.29. The summed E-state index contributed by atoms with van der Waals surface area (Å²) in [6, 6.07) is 14.9. The molecule has 2 heterocycles. The zero-order chi connectivity index (χ0) is 23.1. The van der Waals surface area contributed by atoms with Gasteiger partial charge in [-0.3, -0.25) is 14.6 Å². The van der Waals surface area contributed by atoms with Crippen molar-refractivity contribution in [1.29, 1.82) is 0 Å². The molecule has 1 aliphatic heterocycles. The third kappa shape index (κ3) is 3.88. The predicted molar refractivity (Wildman–Crippen MR) is 121 cm³/mol. The number of hydrazone groups is 1. The number of aromatic nitrogens is 1. The quantitative estimate of drug-likeness (QED) is 0.430. The normalized spacial score (nSPS) is 17.5. The first-order valence-electron chi connectivity index (χ1n) is 10.8. The molecule has 33 heavy (non-hydrogen) atoms. The lowest BCUT2D eigenvalue weighted by Gasteiger charge is -2.22. The molecule has 1 fully saturated rings. The summed E-state index contributed by atoms with van der Waals surface area (Å²) in [5.41, 5.74) is 3.07. The molecule has 8 heteroatoms. The van der Waals surface area contributed by atoms with Gasteiger partial charge < -0.3 is 14.2 Å². The van der Waals surface area contributed by atoms with E-state index >= 15 is 0 Å². The minimum absolute atomic E-state index is 0.193. The molecule has 1 atom stereocenters. The molecule has 0 saturated heterocycles. The second-order valence-corrected chi connectivity index (χ2v) is 8.10. The van der Waals surface area contributed by atoms with Crippen LogP contribution < -0.4 is 9.47 Å². The Bertz CT molecular complexity index is 1300. The molecule has 1 aliphatic carbocycles. The lowest BCUT2D eigenvalue weighted by Crippen LogP contribution is -2.26. The van der Waals surface area contributed by atoms with Gasteiger partial charge in [0.05, 0.1) is 18.2 Å². The number of rotatable bonds is 5. The SMILES string of the molecule is COc1cccc([C@H]2OC(c3cc(C4CC4)nc4ccccc34)=NN2C(C)=O)c1OC(C)=O. The van der Waals surface area contributed by atoms with E-state index in [9.17, 15) is 9.59 Å². The van der Waals surface area contributed by atoms with Crippen LogP contribution in [0.4, 0.5) is 0 Å². The lowest BCUT2D eigenvalue weighted by molar-refractivity contribution is -0.135. The smallest absolute Gasteiger partial charge is 0.308 e. The van der Waals surface area contributed by atoms with Crippen molar-refractivity contribution >= 4 is 28.7 Å². The van der Waals surface area contributed by atoms with Gasteiger partial charge in [0.15, 0.2) is 11.5 Å². The number of nitrogens with zero attached hydrogens (tertiary/aromatic N) is 3. The summed E-state index contributed by atoms with van der Waals surface area (Å²) in [7, 11) is 1.48. The summed E-state index contributed by atoms with van der Waals surface area (Å²) < 4.78 is 17.1. The highest BCUT2D eigenvalue weighted by Gasteiger charge is 2.37. The fourth-order valence-electron chi connectivity index (χ4n) is 3.98. The fourth-order valence-corrected chi connectivity index (χ4v) is 3.98. The van der Waals surface area contributed by atoms with Crippen molar-refractivity contribution < 1.29 is 23.8 Å². The topological polar surface area (TPSA) is 90.3 Å². The van der Waals surface area contributed by atoms with Crippen LogP contribution in [-0.4, -0.2) is 34.9 Å². The zero-order valence-corrected chi connectivity index (χ0v) is 18.6. The molecule has 2 aliphatic rings. The van der Waals surface area contributed by atoms with Crippen molar-refractivity contribution in [3.63, 3.8) is 0 Å². The minimum Gasteiger partial charge on any atom is -0.493 e. The Labute approximate surface area is 190 Å². The van der Waals surface area contributed by atoms with Crippen molar-refractivity contribution in [3.8, 4) is 11.5 Å². The first-order chi connectivity index (χ1) is 16.0. The van der Waals surface area contributed by atoms with E-state index in [1.807, 2.05) is 30.3 Å². The Balaban J connectivity index is 1.61. The molecule has 0 bridgehead atoms. The van der Waals surface area contributed by atoms with E-state index in [1.165, 1.54) is 26.0 Å². The summed E-state index contributed by atoms with van der Waals surface area (Å²) in [4.78, 5) is 29.1. The number of amides is 1. The Kier molecular flexibility index (Phi) is 5.20. The van der Waals surface area contributed by atoms with Crippen molar-refractivity contribution in [3.05, 3.63) is 65.4 Å². The summed E-state index contributed by atoms with van der Waals surface area (Å²) in [6.07, 6.45) is 1.30. The molecule has 3 aromatic rings. The van der Waals surface area contributed by atoms with Gasteiger partial charge in [-0.1, -0.05) is 24.3 Å². The number of benzene rings is 2. The van der Waals surface area contributed by atoms with Crippen molar-refractivity contribution in [2.24, 2.45) is 5.10 Å². The Morgan fingerprint density at radius 2 is 1.88 bits per heavy atom. The number of fused-ring (bicyclic) bond motifs is 1. The molecule has 1 saturated carbocycles. The van der Waals surface area contributed by atoms with Crippen LogP contribution in [0.15, 0.2) is 53.6 Å². The van der Waals surface area contributed by atoms with Gasteiger partial charge in [-0.05, 0) is 37.1 Å². The van der Waals surface area contributed by atoms with E-state index in [-0.39, 0.29) is 11.7 Å². The van der Waals surface area contributed by atoms with Crippen LogP contribution in [0.2, 0.25) is 0 Å². The van der Waals surface area contributed by atoms with Gasteiger partial charge in [0.2, 0.25) is 18.0 Å². The lowest BCUT2D eigenvalue weighted by atomic mass is 10.1. The van der Waals surface area contributed by atoms with Gasteiger partial charge in [0.1, 0.15) is 0 Å². The molecule has 5 rings (SSSR count). The summed E-state index contributed by atoms with van der Waals surface area (Å²) in [5, 5.41) is 6.67. The van der Waals surface area contributed by atoms with E-state index in [0.717, 1.165) is 35.0 Å². The summed E-state index contributed by atoms with van der Waals surface area (Å²) >= 11 is 0. The maximum Gasteiger partial charge on any atom is 0.308 e. The first-order valence-corrected chi connectivity index (χ1v) is 10.8. The highest BCUT2D eigenvalue weighted by atomic mass is 16.6. The number of carbonyl (C=O) groups is 2. The summed E-state index contributed by atoms with van der Waals surface area (Å²) in [5.74, 6) is 0.472. The molecule has 8 nitrogen and oxygen atoms in total. The standard InChI is InChI=1S/C25H23N3O5/c1-14(29)28-25(18-8-6-10-22(31-3)23(18)32-15(2)30)33-24(27-28)19-13-21(16-11-12-16)26-20-9-5-4-7-17(19)20/h4-10,13,16,25H,11-12H2,1-3H3/t25-/m1/s1. The number of hydrogen-bond acceptors (Lipinski definition) is 7. The average molecular weight is 445 g/mol. The van der Waals surface area contributed by atoms with Crippen molar-refractivity contribution in [2.75, 3.05) is 7.11 Å². The number of ether oxygens (including phenoxy) is 3. The molecular formula is C25H23N3O5. The van der Waals surface area contributed by atoms with E-state index in [1.54, 1.807) is 18.2 Å². The highest BCUT2D eigenvalue weighted by Crippen LogP contribution is 2.43. The Morgan fingerprint density at radius 1 is 1.09 bits per heavy atom. The second-order valence-electron chi connectivity index (χ2n) is 8.10. The van der Waals surface area contributed by atoms with Crippen LogP contribution in [0.5, 0.6) is 11.5 Å². The van der Waals surface area contributed by atoms with Crippen LogP contribution in [0.25, 0.3) is 10.9 Å². The highest BCUT2D eigenvalue weighted by molar-refractivity contribution is 6.07. The molecule has 0 N–H and O–H groups in total. The Hall–Kier alpha value is -3.94. The monoisotopic (exact) mass is 445 g/mol. The number of methoxy groups -OCH3 is 1. The summed E-state index contributed by atoms with van der Waals surface area (Å²) in [6.45, 7) is 2.72. The van der Waals surface area contributed by atoms with Gasteiger partial charge in [0, 0.05) is 36.4 Å². The van der Waals surface area contributed by atoms with Crippen molar-refractivity contribution in [2.45, 2.75) is 38.8 Å². The van der Waals surface area contributed by atoms with Gasteiger partial charge in [-0.15, -0.1) is 5.10 Å². The van der Waals surface area contributed by atoms with E-state index in [2.05, 4.69) is 5.10 Å². The maximum absolute atomic E-state index is 12.5. The molecule has 0 unspecified atom stereocenters. The third-order valence-corrected chi connectivity index (χ3v) is 5.67. The van der Waals surface area contributed by atoms with Gasteiger partial charge in [-0.2, -0.15) is 5.01 Å². The first kappa shape index (κ1) is 20.9. The number of esters is 1. The molecule has 0 radical (unpaired) electrons. The van der Waals surface area contributed by atoms with Crippen LogP contribution in [0, 0.1) is 0 Å². The number of para-hydroxylation sites is 2. The largest absolute Gasteiger partial charge is 0.493 e. The number of pyridine rings is 1. The van der Waals surface area contributed by atoms with Crippen LogP contribution in [0.1, 0.15) is 55.7 Å². The number of hydrogen-bond donors (Lipinski definition) is 0. The molecule has 168 valence electrons. The second kappa shape index (κ2) is 8.20. The fraction of sp³-hybridized carbons (Fsp3) is 0.280. The molecule has 2 aromatic carbocycles. The molecule has 1 aromatic heterocycles. The third-order valence-electron chi connectivity index (χ3n) is 5.67. The minimum atomic E-state index is -0.918.